The molecule has 1 N–H and O–H groups in total. The molecule has 1 aliphatic heterocycles. The predicted molar refractivity (Wildman–Crippen MR) is 139 cm³/mol. The van der Waals surface area contributed by atoms with E-state index in [1.165, 1.54) is 34.9 Å². The number of nitrogens with zero attached hydrogens (tertiary/aromatic N) is 2. The number of nitrogens with one attached hydrogen (secondary N) is 1. The Hall–Kier alpha value is -2.50. The lowest BCUT2D eigenvalue weighted by molar-refractivity contribution is 0.0602. The van der Waals surface area contributed by atoms with Gasteiger partial charge in [-0.05, 0) is 48.1 Å². The molecule has 0 amide bonds. The second-order valence-electron chi connectivity index (χ2n) is 7.49. The van der Waals surface area contributed by atoms with Gasteiger partial charge in [0.15, 0.2) is 5.11 Å². The quantitative estimate of drug-likeness (QED) is 0.379. The molecule has 0 unspecified atom stereocenters. The Kier molecular flexibility index (Phi) is 7.54. The fraction of sp³-hybridized carbons (Fsp3) is 0.217. The topological polar surface area (TPSA) is 79.0 Å². The first-order chi connectivity index (χ1) is 16.3. The molecule has 11 heteroatoms. The van der Waals surface area contributed by atoms with Gasteiger partial charge in [0.25, 0.3) is 0 Å². The molecule has 0 atom stereocenters. The lowest BCUT2D eigenvalue weighted by Crippen LogP contribution is -2.51. The lowest BCUT2D eigenvalue weighted by atomic mass is 10.1. The van der Waals surface area contributed by atoms with Crippen molar-refractivity contribution in [2.45, 2.75) is 4.90 Å². The summed E-state index contributed by atoms with van der Waals surface area (Å²) in [5.74, 6) is -0.456. The third-order valence-electron chi connectivity index (χ3n) is 5.39. The number of ether oxygens (including phenoxy) is 1. The van der Waals surface area contributed by atoms with E-state index in [1.807, 2.05) is 35.2 Å². The van der Waals surface area contributed by atoms with Gasteiger partial charge in [0.05, 0.1) is 17.6 Å². The molecule has 34 heavy (non-hydrogen) atoms. The van der Waals surface area contributed by atoms with Crippen LogP contribution in [0, 0.1) is 0 Å². The molecule has 1 fully saturated rings. The fourth-order valence-corrected chi connectivity index (χ4v) is 6.50. The minimum Gasteiger partial charge on any atom is -0.465 e. The van der Waals surface area contributed by atoms with Crippen LogP contribution < -0.4 is 5.32 Å². The zero-order valence-electron chi connectivity index (χ0n) is 18.2. The summed E-state index contributed by atoms with van der Waals surface area (Å²) in [7, 11) is -2.27. The molecule has 0 saturated carbocycles. The second kappa shape index (κ2) is 10.4. The molecule has 1 aliphatic rings. The number of thiocarbonyl (C=S) groups is 1. The number of esters is 1. The first-order valence-corrected chi connectivity index (χ1v) is 13.4. The van der Waals surface area contributed by atoms with Gasteiger partial charge in [0, 0.05) is 36.1 Å². The van der Waals surface area contributed by atoms with E-state index in [-0.39, 0.29) is 18.0 Å². The highest BCUT2D eigenvalue weighted by Gasteiger charge is 2.30. The zero-order valence-corrected chi connectivity index (χ0v) is 21.4. The van der Waals surface area contributed by atoms with E-state index in [1.54, 1.807) is 18.2 Å². The molecule has 0 aliphatic carbocycles. The van der Waals surface area contributed by atoms with E-state index >= 15 is 0 Å². The number of hydrogen-bond acceptors (Lipinski definition) is 6. The first-order valence-electron chi connectivity index (χ1n) is 10.4. The molecular formula is C23H22ClN3O4S3. The molecule has 2 heterocycles. The Labute approximate surface area is 213 Å². The minimum absolute atomic E-state index is 0.209. The van der Waals surface area contributed by atoms with E-state index in [9.17, 15) is 13.2 Å². The second-order valence-corrected chi connectivity index (χ2v) is 11.3. The average molecular weight is 536 g/mol. The van der Waals surface area contributed by atoms with Crippen LogP contribution in [-0.4, -0.2) is 62.0 Å². The van der Waals surface area contributed by atoms with Crippen LogP contribution in [0.2, 0.25) is 5.02 Å². The highest BCUT2D eigenvalue weighted by molar-refractivity contribution is 7.89. The molecule has 0 bridgehead atoms. The maximum Gasteiger partial charge on any atom is 0.340 e. The van der Waals surface area contributed by atoms with E-state index in [2.05, 4.69) is 5.32 Å². The van der Waals surface area contributed by atoms with Crippen molar-refractivity contribution in [2.75, 3.05) is 38.6 Å². The van der Waals surface area contributed by atoms with Crippen molar-refractivity contribution >= 4 is 61.3 Å². The number of methoxy groups -OCH3 is 1. The van der Waals surface area contributed by atoms with Crippen molar-refractivity contribution < 1.29 is 17.9 Å². The van der Waals surface area contributed by atoms with Crippen LogP contribution in [0.4, 0.5) is 5.00 Å². The fourth-order valence-electron chi connectivity index (χ4n) is 3.55. The van der Waals surface area contributed by atoms with Gasteiger partial charge in [-0.1, -0.05) is 41.9 Å². The monoisotopic (exact) mass is 535 g/mol. The van der Waals surface area contributed by atoms with Gasteiger partial charge < -0.3 is 15.0 Å². The molecule has 0 radical (unpaired) electrons. The number of benzene rings is 2. The zero-order chi connectivity index (χ0) is 24.3. The molecule has 4 rings (SSSR count). The van der Waals surface area contributed by atoms with Crippen molar-refractivity contribution in [2.24, 2.45) is 0 Å². The number of piperazine rings is 1. The number of rotatable bonds is 5. The number of anilines is 1. The summed E-state index contributed by atoms with van der Waals surface area (Å²) < 4.78 is 32.2. The van der Waals surface area contributed by atoms with Gasteiger partial charge in [0.2, 0.25) is 10.0 Å². The largest absolute Gasteiger partial charge is 0.465 e. The summed E-state index contributed by atoms with van der Waals surface area (Å²) in [6.45, 7) is 1.42. The van der Waals surface area contributed by atoms with Crippen LogP contribution in [-0.2, 0) is 14.8 Å². The number of halogens is 1. The van der Waals surface area contributed by atoms with Gasteiger partial charge in [-0.3, -0.25) is 0 Å². The van der Waals surface area contributed by atoms with Crippen molar-refractivity contribution in [1.82, 2.24) is 9.21 Å². The Morgan fingerprint density at radius 1 is 1.06 bits per heavy atom. The smallest absolute Gasteiger partial charge is 0.340 e. The van der Waals surface area contributed by atoms with Crippen LogP contribution in [0.25, 0.3) is 10.4 Å². The van der Waals surface area contributed by atoms with E-state index in [0.717, 1.165) is 10.4 Å². The summed E-state index contributed by atoms with van der Waals surface area (Å²) in [6, 6.07) is 17.7. The third-order valence-corrected chi connectivity index (χ3v) is 9.02. The van der Waals surface area contributed by atoms with Crippen LogP contribution in [0.3, 0.4) is 0 Å². The normalized spacial score (nSPS) is 14.6. The number of carbonyl (C=O) groups is 1. The Balaban J connectivity index is 1.45. The van der Waals surface area contributed by atoms with E-state index in [0.29, 0.717) is 33.8 Å². The van der Waals surface area contributed by atoms with Gasteiger partial charge in [-0.25, -0.2) is 13.2 Å². The first kappa shape index (κ1) is 24.6. The summed E-state index contributed by atoms with van der Waals surface area (Å²) in [4.78, 5) is 15.4. The number of thiophene rings is 1. The third kappa shape index (κ3) is 5.26. The molecule has 2 aromatic carbocycles. The van der Waals surface area contributed by atoms with Crippen molar-refractivity contribution in [3.63, 3.8) is 0 Å². The Bertz CT molecular complexity index is 1290. The minimum atomic E-state index is -3.61. The van der Waals surface area contributed by atoms with Crippen molar-refractivity contribution in [3.05, 3.63) is 71.2 Å². The van der Waals surface area contributed by atoms with Gasteiger partial charge in [-0.2, -0.15) is 4.31 Å². The molecule has 7 nitrogen and oxygen atoms in total. The highest BCUT2D eigenvalue weighted by Crippen LogP contribution is 2.36. The summed E-state index contributed by atoms with van der Waals surface area (Å²) >= 11 is 12.9. The van der Waals surface area contributed by atoms with Crippen molar-refractivity contribution in [1.29, 1.82) is 0 Å². The van der Waals surface area contributed by atoms with Crippen LogP contribution in [0.1, 0.15) is 10.4 Å². The van der Waals surface area contributed by atoms with Gasteiger partial charge >= 0.3 is 5.97 Å². The van der Waals surface area contributed by atoms with Crippen LogP contribution >= 0.6 is 35.2 Å². The summed E-state index contributed by atoms with van der Waals surface area (Å²) in [5.41, 5.74) is 1.38. The van der Waals surface area contributed by atoms with Crippen LogP contribution in [0.5, 0.6) is 0 Å². The molecular weight excluding hydrogens is 514 g/mol. The Morgan fingerprint density at radius 2 is 1.71 bits per heavy atom. The maximum absolute atomic E-state index is 12.9. The SMILES string of the molecule is COC(=O)c1cc(-c2ccccc2)sc1NC(=S)N1CCN(S(=O)(=O)c2ccc(Cl)cc2)CC1. The summed E-state index contributed by atoms with van der Waals surface area (Å²) in [6.07, 6.45) is 0. The highest BCUT2D eigenvalue weighted by atomic mass is 35.5. The van der Waals surface area contributed by atoms with E-state index in [4.69, 9.17) is 28.6 Å². The molecule has 3 aromatic rings. The average Bonchev–Trinajstić information content (AvgIpc) is 3.28. The molecule has 178 valence electrons. The predicted octanol–water partition coefficient (Wildman–Crippen LogP) is 4.56. The van der Waals surface area contributed by atoms with Gasteiger partial charge in [0.1, 0.15) is 5.00 Å². The number of sulfonamides is 1. The number of carbonyl (C=O) groups excluding carboxylic acids is 1. The van der Waals surface area contributed by atoms with Crippen molar-refractivity contribution in [3.8, 4) is 10.4 Å². The standard InChI is InChI=1S/C23H22ClN3O4S3/c1-31-22(28)19-15-20(16-5-3-2-4-6-16)33-21(19)25-23(32)26-11-13-27(14-12-26)34(29,30)18-9-7-17(24)8-10-18/h2-10,15H,11-14H2,1H3,(H,25,32). The Morgan fingerprint density at radius 3 is 2.32 bits per heavy atom. The maximum atomic E-state index is 12.9. The molecule has 1 aromatic heterocycles. The molecule has 0 spiro atoms. The van der Waals surface area contributed by atoms with Gasteiger partial charge in [-0.15, -0.1) is 11.3 Å². The van der Waals surface area contributed by atoms with Crippen LogP contribution in [0.15, 0.2) is 65.6 Å². The summed E-state index contributed by atoms with van der Waals surface area (Å²) in [5, 5.41) is 4.67. The molecule has 1 saturated heterocycles. The number of hydrogen-bond donors (Lipinski definition) is 1. The lowest BCUT2D eigenvalue weighted by Gasteiger charge is -2.35. The van der Waals surface area contributed by atoms with E-state index < -0.39 is 16.0 Å².